The molecule has 0 atom stereocenters. The molecule has 1 aromatic heterocycles. The smallest absolute Gasteiger partial charge is 0.255 e. The lowest BCUT2D eigenvalue weighted by molar-refractivity contribution is 0.0958. The molecule has 1 aliphatic rings. The predicted octanol–water partition coefficient (Wildman–Crippen LogP) is 2.72. The Morgan fingerprint density at radius 3 is 2.86 bits per heavy atom. The molecule has 0 unspecified atom stereocenters. The molecule has 1 amide bonds. The van der Waals surface area contributed by atoms with Gasteiger partial charge in [0.2, 0.25) is 6.79 Å². The standard InChI is InChI=1S/C22H19N3O4/c1-16-19(14-24-25(16)17-7-3-2-4-8-17)22(26)23-11-5-6-12-27-18-9-10-20-21(13-18)29-15-28-20/h2-4,7-10,13-14H,11-12,15H2,1H3,(H,23,26). The van der Waals surface area contributed by atoms with E-state index in [2.05, 4.69) is 22.3 Å². The first-order valence-electron chi connectivity index (χ1n) is 9.09. The zero-order chi connectivity index (χ0) is 20.1. The number of hydrogen-bond acceptors (Lipinski definition) is 5. The molecule has 1 N–H and O–H groups in total. The summed E-state index contributed by atoms with van der Waals surface area (Å²) in [4.78, 5) is 12.4. The van der Waals surface area contributed by atoms with Crippen molar-refractivity contribution in [2.45, 2.75) is 6.92 Å². The highest BCUT2D eigenvalue weighted by Crippen LogP contribution is 2.34. The van der Waals surface area contributed by atoms with Crippen LogP contribution in [0.2, 0.25) is 0 Å². The number of benzene rings is 2. The molecule has 0 saturated heterocycles. The van der Waals surface area contributed by atoms with Gasteiger partial charge in [-0.15, -0.1) is 0 Å². The fourth-order valence-corrected chi connectivity index (χ4v) is 2.88. The molecular formula is C22H19N3O4. The van der Waals surface area contributed by atoms with Crippen LogP contribution < -0.4 is 19.5 Å². The number of fused-ring (bicyclic) bond motifs is 1. The first-order valence-corrected chi connectivity index (χ1v) is 9.09. The number of rotatable bonds is 5. The van der Waals surface area contributed by atoms with E-state index in [1.165, 1.54) is 0 Å². The van der Waals surface area contributed by atoms with Crippen LogP contribution in [0.1, 0.15) is 16.1 Å². The number of para-hydroxylation sites is 1. The molecule has 0 aliphatic carbocycles. The van der Waals surface area contributed by atoms with Crippen molar-refractivity contribution >= 4 is 5.91 Å². The minimum absolute atomic E-state index is 0.209. The van der Waals surface area contributed by atoms with Crippen LogP contribution >= 0.6 is 0 Å². The van der Waals surface area contributed by atoms with E-state index >= 15 is 0 Å². The minimum atomic E-state index is -0.212. The summed E-state index contributed by atoms with van der Waals surface area (Å²) in [5.74, 6) is 7.55. The third kappa shape index (κ3) is 4.17. The average Bonchev–Trinajstić information content (AvgIpc) is 3.37. The van der Waals surface area contributed by atoms with Gasteiger partial charge in [-0.05, 0) is 31.2 Å². The van der Waals surface area contributed by atoms with Crippen molar-refractivity contribution in [3.8, 4) is 34.8 Å². The summed E-state index contributed by atoms with van der Waals surface area (Å²) < 4.78 is 17.8. The molecule has 0 bridgehead atoms. The molecule has 146 valence electrons. The number of carbonyl (C=O) groups excluding carboxylic acids is 1. The van der Waals surface area contributed by atoms with Crippen LogP contribution in [-0.4, -0.2) is 35.6 Å². The van der Waals surface area contributed by atoms with Gasteiger partial charge < -0.3 is 19.5 Å². The Balaban J connectivity index is 1.27. The average molecular weight is 389 g/mol. The maximum Gasteiger partial charge on any atom is 0.255 e. The molecule has 0 spiro atoms. The molecule has 2 aromatic carbocycles. The number of nitrogens with zero attached hydrogens (tertiary/aromatic N) is 2. The minimum Gasteiger partial charge on any atom is -0.481 e. The zero-order valence-electron chi connectivity index (χ0n) is 15.8. The van der Waals surface area contributed by atoms with Crippen LogP contribution in [0, 0.1) is 18.8 Å². The van der Waals surface area contributed by atoms with E-state index in [4.69, 9.17) is 14.2 Å². The predicted molar refractivity (Wildman–Crippen MR) is 106 cm³/mol. The number of hydrogen-bond donors (Lipinski definition) is 1. The van der Waals surface area contributed by atoms with Gasteiger partial charge in [0.25, 0.3) is 5.91 Å². The second-order valence-corrected chi connectivity index (χ2v) is 6.23. The SMILES string of the molecule is Cc1c(C(=O)NCC#CCOc2ccc3c(c2)OCO3)cnn1-c1ccccc1. The van der Waals surface area contributed by atoms with Crippen LogP contribution in [0.5, 0.6) is 17.2 Å². The summed E-state index contributed by atoms with van der Waals surface area (Å²) in [6, 6.07) is 15.0. The molecule has 0 saturated carbocycles. The van der Waals surface area contributed by atoms with E-state index in [1.54, 1.807) is 29.1 Å². The first-order chi connectivity index (χ1) is 14.2. The molecule has 2 heterocycles. The van der Waals surface area contributed by atoms with Crippen molar-refractivity contribution in [1.82, 2.24) is 15.1 Å². The Morgan fingerprint density at radius 1 is 1.17 bits per heavy atom. The first kappa shape index (κ1) is 18.4. The highest BCUT2D eigenvalue weighted by molar-refractivity contribution is 5.95. The number of ether oxygens (including phenoxy) is 3. The summed E-state index contributed by atoms with van der Waals surface area (Å²) in [5.41, 5.74) is 2.20. The van der Waals surface area contributed by atoms with E-state index < -0.39 is 0 Å². The van der Waals surface area contributed by atoms with Crippen molar-refractivity contribution in [1.29, 1.82) is 0 Å². The van der Waals surface area contributed by atoms with Gasteiger partial charge in [-0.3, -0.25) is 4.79 Å². The Kier molecular flexibility index (Phi) is 5.34. The number of aromatic nitrogens is 2. The highest BCUT2D eigenvalue weighted by atomic mass is 16.7. The lowest BCUT2D eigenvalue weighted by Gasteiger charge is -2.05. The Bertz CT molecular complexity index is 1080. The quantitative estimate of drug-likeness (QED) is 0.679. The van der Waals surface area contributed by atoms with Gasteiger partial charge >= 0.3 is 0 Å². The monoisotopic (exact) mass is 389 g/mol. The van der Waals surface area contributed by atoms with E-state index in [1.807, 2.05) is 37.3 Å². The van der Waals surface area contributed by atoms with Crippen LogP contribution in [0.4, 0.5) is 0 Å². The fraction of sp³-hybridized carbons (Fsp3) is 0.182. The van der Waals surface area contributed by atoms with Gasteiger partial charge in [-0.1, -0.05) is 30.0 Å². The Labute approximate surface area is 168 Å². The molecular weight excluding hydrogens is 370 g/mol. The summed E-state index contributed by atoms with van der Waals surface area (Å²) in [6.07, 6.45) is 1.56. The van der Waals surface area contributed by atoms with Crippen molar-refractivity contribution in [2.75, 3.05) is 19.9 Å². The second kappa shape index (κ2) is 8.40. The third-order valence-corrected chi connectivity index (χ3v) is 4.37. The summed E-state index contributed by atoms with van der Waals surface area (Å²) in [7, 11) is 0. The highest BCUT2D eigenvalue weighted by Gasteiger charge is 2.15. The topological polar surface area (TPSA) is 74.6 Å². The number of nitrogens with one attached hydrogen (secondary N) is 1. The zero-order valence-corrected chi connectivity index (χ0v) is 15.8. The fourth-order valence-electron chi connectivity index (χ4n) is 2.88. The Hall–Kier alpha value is -3.92. The Morgan fingerprint density at radius 2 is 2.00 bits per heavy atom. The molecule has 1 aliphatic heterocycles. The lowest BCUT2D eigenvalue weighted by atomic mass is 10.2. The van der Waals surface area contributed by atoms with Gasteiger partial charge in [0.05, 0.1) is 29.7 Å². The van der Waals surface area contributed by atoms with Crippen molar-refractivity contribution in [3.05, 3.63) is 66.0 Å². The maximum atomic E-state index is 12.4. The molecule has 4 rings (SSSR count). The van der Waals surface area contributed by atoms with Gasteiger partial charge in [-0.2, -0.15) is 5.10 Å². The molecule has 3 aromatic rings. The molecule has 0 fully saturated rings. The molecule has 7 nitrogen and oxygen atoms in total. The van der Waals surface area contributed by atoms with E-state index in [0.29, 0.717) is 22.8 Å². The van der Waals surface area contributed by atoms with Crippen molar-refractivity contribution < 1.29 is 19.0 Å². The van der Waals surface area contributed by atoms with Gasteiger partial charge in [0.15, 0.2) is 11.5 Å². The maximum absolute atomic E-state index is 12.4. The van der Waals surface area contributed by atoms with E-state index in [0.717, 1.165) is 11.4 Å². The van der Waals surface area contributed by atoms with Gasteiger partial charge in [0.1, 0.15) is 12.4 Å². The van der Waals surface area contributed by atoms with Crippen LogP contribution in [0.15, 0.2) is 54.7 Å². The van der Waals surface area contributed by atoms with Crippen molar-refractivity contribution in [3.63, 3.8) is 0 Å². The summed E-state index contributed by atoms with van der Waals surface area (Å²) >= 11 is 0. The summed E-state index contributed by atoms with van der Waals surface area (Å²) in [6.45, 7) is 2.52. The van der Waals surface area contributed by atoms with Gasteiger partial charge in [-0.25, -0.2) is 4.68 Å². The second-order valence-electron chi connectivity index (χ2n) is 6.23. The molecule has 29 heavy (non-hydrogen) atoms. The van der Waals surface area contributed by atoms with E-state index in [9.17, 15) is 4.79 Å². The number of amides is 1. The largest absolute Gasteiger partial charge is 0.481 e. The molecule has 0 radical (unpaired) electrons. The van der Waals surface area contributed by atoms with Crippen LogP contribution in [0.3, 0.4) is 0 Å². The lowest BCUT2D eigenvalue weighted by Crippen LogP contribution is -2.24. The normalized spacial score (nSPS) is 11.5. The van der Waals surface area contributed by atoms with Crippen molar-refractivity contribution in [2.24, 2.45) is 0 Å². The summed E-state index contributed by atoms with van der Waals surface area (Å²) in [5, 5.41) is 7.08. The number of carbonyl (C=O) groups is 1. The van der Waals surface area contributed by atoms with Crippen LogP contribution in [-0.2, 0) is 0 Å². The van der Waals surface area contributed by atoms with E-state index in [-0.39, 0.29) is 25.9 Å². The van der Waals surface area contributed by atoms with Crippen LogP contribution in [0.25, 0.3) is 5.69 Å². The molecule has 7 heteroatoms. The van der Waals surface area contributed by atoms with Gasteiger partial charge in [0, 0.05) is 6.07 Å². The third-order valence-electron chi connectivity index (χ3n) is 4.37.